The van der Waals surface area contributed by atoms with Crippen LogP contribution >= 0.6 is 11.3 Å². The molecule has 1 aromatic heterocycles. The van der Waals surface area contributed by atoms with E-state index in [0.717, 1.165) is 19.5 Å². The highest BCUT2D eigenvalue weighted by Crippen LogP contribution is 2.29. The summed E-state index contributed by atoms with van der Waals surface area (Å²) in [6, 6.07) is 1.67. The Balaban J connectivity index is 1.87. The number of rotatable bonds is 6. The number of hydrogen-bond donors (Lipinski definition) is 2. The molecule has 0 saturated carbocycles. The summed E-state index contributed by atoms with van der Waals surface area (Å²) in [5.41, 5.74) is 0. The van der Waals surface area contributed by atoms with Gasteiger partial charge in [0.15, 0.2) is 4.21 Å². The van der Waals surface area contributed by atoms with E-state index in [0.29, 0.717) is 18.2 Å². The maximum Gasteiger partial charge on any atom is 0.253 e. The molecule has 0 bridgehead atoms. The molecule has 1 aromatic rings. The highest BCUT2D eigenvalue weighted by Gasteiger charge is 2.21. The van der Waals surface area contributed by atoms with Crippen molar-refractivity contribution >= 4 is 21.4 Å². The van der Waals surface area contributed by atoms with E-state index < -0.39 is 10.0 Å². The zero-order valence-electron chi connectivity index (χ0n) is 11.0. The predicted octanol–water partition coefficient (Wildman–Crippen LogP) is 1.42. The number of thiophene rings is 1. The van der Waals surface area contributed by atoms with Crippen molar-refractivity contribution < 1.29 is 13.2 Å². The van der Waals surface area contributed by atoms with Crippen LogP contribution in [-0.4, -0.2) is 35.2 Å². The van der Waals surface area contributed by atoms with E-state index >= 15 is 0 Å². The Morgan fingerprint density at radius 2 is 2.42 bits per heavy atom. The van der Waals surface area contributed by atoms with Gasteiger partial charge in [0.2, 0.25) is 0 Å². The van der Waals surface area contributed by atoms with Crippen molar-refractivity contribution in [1.29, 1.82) is 0 Å². The summed E-state index contributed by atoms with van der Waals surface area (Å²) >= 11 is 1.18. The monoisotopic (exact) mass is 304 g/mol. The van der Waals surface area contributed by atoms with Crippen molar-refractivity contribution in [2.75, 3.05) is 26.7 Å². The second-order valence-electron chi connectivity index (χ2n) is 4.68. The molecule has 5 nitrogen and oxygen atoms in total. The molecule has 19 heavy (non-hydrogen) atoms. The molecule has 1 atom stereocenters. The normalized spacial score (nSPS) is 20.4. The highest BCUT2D eigenvalue weighted by molar-refractivity contribution is 7.91. The summed E-state index contributed by atoms with van der Waals surface area (Å²) in [5, 5.41) is 5.05. The molecule has 1 unspecified atom stereocenters. The molecule has 1 aliphatic heterocycles. The topological polar surface area (TPSA) is 67.4 Å². The van der Waals surface area contributed by atoms with Crippen LogP contribution in [0.2, 0.25) is 0 Å². The average Bonchev–Trinajstić information content (AvgIpc) is 2.89. The molecule has 2 rings (SSSR count). The van der Waals surface area contributed by atoms with Gasteiger partial charge in [-0.15, -0.1) is 11.3 Å². The first-order valence-electron chi connectivity index (χ1n) is 6.45. The van der Waals surface area contributed by atoms with Gasteiger partial charge in [0.25, 0.3) is 10.0 Å². The van der Waals surface area contributed by atoms with Crippen molar-refractivity contribution in [3.8, 4) is 5.75 Å². The Kier molecular flexibility index (Phi) is 5.20. The number of hydrogen-bond acceptors (Lipinski definition) is 5. The zero-order chi connectivity index (χ0) is 13.7. The van der Waals surface area contributed by atoms with Gasteiger partial charge in [-0.25, -0.2) is 13.1 Å². The molecule has 2 heterocycles. The van der Waals surface area contributed by atoms with Gasteiger partial charge in [-0.05, 0) is 49.7 Å². The van der Waals surface area contributed by atoms with Gasteiger partial charge in [-0.1, -0.05) is 0 Å². The van der Waals surface area contributed by atoms with Gasteiger partial charge < -0.3 is 10.1 Å². The summed E-state index contributed by atoms with van der Waals surface area (Å²) < 4.78 is 32.2. The minimum absolute atomic E-state index is 0.261. The molecule has 0 amide bonds. The van der Waals surface area contributed by atoms with Crippen LogP contribution < -0.4 is 14.8 Å². The second-order valence-corrected chi connectivity index (χ2v) is 7.55. The summed E-state index contributed by atoms with van der Waals surface area (Å²) in [6.07, 6.45) is 3.23. The number of sulfonamides is 1. The lowest BCUT2D eigenvalue weighted by Gasteiger charge is -2.22. The Hall–Kier alpha value is -0.630. The molecular weight excluding hydrogens is 284 g/mol. The maximum absolute atomic E-state index is 12.1. The fourth-order valence-electron chi connectivity index (χ4n) is 2.26. The Morgan fingerprint density at radius 3 is 3.11 bits per heavy atom. The van der Waals surface area contributed by atoms with E-state index in [1.165, 1.54) is 31.3 Å². The molecule has 0 aliphatic carbocycles. The van der Waals surface area contributed by atoms with E-state index in [1.807, 2.05) is 0 Å². The summed E-state index contributed by atoms with van der Waals surface area (Å²) in [6.45, 7) is 2.55. The molecular formula is C12H20N2O3S2. The lowest BCUT2D eigenvalue weighted by atomic mass is 9.96. The highest BCUT2D eigenvalue weighted by atomic mass is 32.2. The third-order valence-corrected chi connectivity index (χ3v) is 6.21. The van der Waals surface area contributed by atoms with E-state index in [-0.39, 0.29) is 4.21 Å². The van der Waals surface area contributed by atoms with Crippen LogP contribution in [0.25, 0.3) is 0 Å². The third kappa shape index (κ3) is 3.92. The largest absolute Gasteiger partial charge is 0.494 e. The van der Waals surface area contributed by atoms with Gasteiger partial charge in [0.1, 0.15) is 5.75 Å². The van der Waals surface area contributed by atoms with Gasteiger partial charge in [-0.2, -0.15) is 0 Å². The first-order valence-corrected chi connectivity index (χ1v) is 8.81. The minimum Gasteiger partial charge on any atom is -0.494 e. The number of methoxy groups -OCH3 is 1. The molecule has 7 heteroatoms. The summed E-state index contributed by atoms with van der Waals surface area (Å²) in [4.78, 5) is 0. The number of nitrogens with one attached hydrogen (secondary N) is 2. The van der Waals surface area contributed by atoms with Crippen molar-refractivity contribution in [1.82, 2.24) is 10.0 Å². The van der Waals surface area contributed by atoms with Crippen LogP contribution in [0.15, 0.2) is 15.7 Å². The standard InChI is InChI=1S/C12H20N2O3S2/c1-17-11-5-8-18-12(11)19(15,16)14-7-4-10-3-2-6-13-9-10/h5,8,10,13-14H,2-4,6-7,9H2,1H3. The number of piperidine rings is 1. The van der Waals surface area contributed by atoms with Crippen molar-refractivity contribution in [3.05, 3.63) is 11.4 Å². The number of ether oxygens (including phenoxy) is 1. The molecule has 108 valence electrons. The van der Waals surface area contributed by atoms with Gasteiger partial charge in [-0.3, -0.25) is 0 Å². The van der Waals surface area contributed by atoms with Crippen LogP contribution in [0.1, 0.15) is 19.3 Å². The zero-order valence-corrected chi connectivity index (χ0v) is 12.6. The lowest BCUT2D eigenvalue weighted by molar-refractivity contribution is 0.358. The van der Waals surface area contributed by atoms with Gasteiger partial charge in [0.05, 0.1) is 7.11 Å². The predicted molar refractivity (Wildman–Crippen MR) is 76.3 cm³/mol. The molecule has 1 saturated heterocycles. The van der Waals surface area contributed by atoms with Crippen molar-refractivity contribution in [3.63, 3.8) is 0 Å². The molecule has 0 spiro atoms. The van der Waals surface area contributed by atoms with Crippen molar-refractivity contribution in [2.24, 2.45) is 5.92 Å². The third-order valence-electron chi connectivity index (χ3n) is 3.30. The summed E-state index contributed by atoms with van der Waals surface area (Å²) in [5.74, 6) is 0.985. The van der Waals surface area contributed by atoms with Gasteiger partial charge >= 0.3 is 0 Å². The molecule has 0 aromatic carbocycles. The van der Waals surface area contributed by atoms with Crippen LogP contribution in [0.3, 0.4) is 0 Å². The van der Waals surface area contributed by atoms with Crippen LogP contribution in [0, 0.1) is 5.92 Å². The summed E-state index contributed by atoms with van der Waals surface area (Å²) in [7, 11) is -1.96. The van der Waals surface area contributed by atoms with E-state index in [1.54, 1.807) is 11.4 Å². The Labute approximate surface area is 118 Å². The van der Waals surface area contributed by atoms with Gasteiger partial charge in [0, 0.05) is 6.54 Å². The molecule has 2 N–H and O–H groups in total. The fraction of sp³-hybridized carbons (Fsp3) is 0.667. The van der Waals surface area contributed by atoms with Crippen molar-refractivity contribution in [2.45, 2.75) is 23.5 Å². The Morgan fingerprint density at radius 1 is 1.58 bits per heavy atom. The fourth-order valence-corrected chi connectivity index (χ4v) is 4.63. The first kappa shape index (κ1) is 14.8. The molecule has 0 radical (unpaired) electrons. The van der Waals surface area contributed by atoms with Crippen LogP contribution in [0.4, 0.5) is 0 Å². The van der Waals surface area contributed by atoms with E-state index in [4.69, 9.17) is 4.74 Å². The SMILES string of the molecule is COc1ccsc1S(=O)(=O)NCCC1CCCNC1. The average molecular weight is 304 g/mol. The quantitative estimate of drug-likeness (QED) is 0.834. The molecule has 1 aliphatic rings. The van der Waals surface area contributed by atoms with E-state index in [9.17, 15) is 8.42 Å². The van der Waals surface area contributed by atoms with E-state index in [2.05, 4.69) is 10.0 Å². The van der Waals surface area contributed by atoms with Crippen LogP contribution in [-0.2, 0) is 10.0 Å². The second kappa shape index (κ2) is 6.69. The Bertz CT molecular complexity index is 493. The maximum atomic E-state index is 12.1. The smallest absolute Gasteiger partial charge is 0.253 e. The minimum atomic E-state index is -3.44. The lowest BCUT2D eigenvalue weighted by Crippen LogP contribution is -2.33. The van der Waals surface area contributed by atoms with Crippen LogP contribution in [0.5, 0.6) is 5.75 Å². The molecule has 1 fully saturated rings. The first-order chi connectivity index (χ1) is 9.13.